The summed E-state index contributed by atoms with van der Waals surface area (Å²) >= 11 is 0. The van der Waals surface area contributed by atoms with E-state index in [0.29, 0.717) is 31.0 Å². The highest BCUT2D eigenvalue weighted by Crippen LogP contribution is 2.22. The molecule has 0 aliphatic carbocycles. The average molecular weight is 340 g/mol. The average Bonchev–Trinajstić information content (AvgIpc) is 2.45. The number of amides is 1. The fourth-order valence-electron chi connectivity index (χ4n) is 2.86. The van der Waals surface area contributed by atoms with Crippen LogP contribution in [0.4, 0.5) is 0 Å². The molecule has 2 rings (SSSR count). The van der Waals surface area contributed by atoms with Gasteiger partial charge in [-0.05, 0) is 38.2 Å². The summed E-state index contributed by atoms with van der Waals surface area (Å²) in [7, 11) is 0.218. The second kappa shape index (κ2) is 6.92. The molecule has 1 fully saturated rings. The highest BCUT2D eigenvalue weighted by Gasteiger charge is 2.26. The van der Waals surface area contributed by atoms with Gasteiger partial charge in [0.05, 0.1) is 6.26 Å². The molecule has 7 nitrogen and oxygen atoms in total. The number of sulfonamides is 1. The lowest BCUT2D eigenvalue weighted by molar-refractivity contribution is 0.0821. The highest BCUT2D eigenvalue weighted by molar-refractivity contribution is 7.88. The number of aryl methyl sites for hydroxylation is 1. The quantitative estimate of drug-likeness (QED) is 0.806. The summed E-state index contributed by atoms with van der Waals surface area (Å²) in [6, 6.07) is 1.72. The first-order valence-electron chi connectivity index (χ1n) is 7.68. The molecule has 1 aromatic rings. The number of hydrogen-bond donors (Lipinski definition) is 0. The summed E-state index contributed by atoms with van der Waals surface area (Å²) in [5.41, 5.74) is 1.18. The van der Waals surface area contributed by atoms with Crippen molar-refractivity contribution in [1.82, 2.24) is 19.2 Å². The zero-order chi connectivity index (χ0) is 17.2. The molecule has 0 saturated carbocycles. The van der Waals surface area contributed by atoms with Crippen molar-refractivity contribution in [3.8, 4) is 0 Å². The Bertz CT molecular complexity index is 688. The van der Waals surface area contributed by atoms with E-state index < -0.39 is 10.0 Å². The number of nitrogens with zero attached hydrogens (tertiary/aromatic N) is 4. The Balaban J connectivity index is 2.15. The van der Waals surface area contributed by atoms with Gasteiger partial charge >= 0.3 is 0 Å². The van der Waals surface area contributed by atoms with E-state index in [-0.39, 0.29) is 11.8 Å². The minimum atomic E-state index is -3.15. The van der Waals surface area contributed by atoms with Crippen LogP contribution in [0.25, 0.3) is 0 Å². The van der Waals surface area contributed by atoms with Gasteiger partial charge in [-0.1, -0.05) is 0 Å². The zero-order valence-corrected chi connectivity index (χ0v) is 14.9. The van der Waals surface area contributed by atoms with Crippen molar-refractivity contribution in [2.45, 2.75) is 26.2 Å². The van der Waals surface area contributed by atoms with Crippen molar-refractivity contribution in [1.29, 1.82) is 0 Å². The number of carbonyl (C=O) groups is 1. The third-order valence-electron chi connectivity index (χ3n) is 3.96. The van der Waals surface area contributed by atoms with Gasteiger partial charge in [-0.25, -0.2) is 22.7 Å². The Hall–Kier alpha value is -1.54. The molecule has 1 atom stereocenters. The molecule has 0 spiro atoms. The van der Waals surface area contributed by atoms with Gasteiger partial charge in [0, 0.05) is 32.9 Å². The Labute approximate surface area is 137 Å². The van der Waals surface area contributed by atoms with Crippen molar-refractivity contribution >= 4 is 15.9 Å². The van der Waals surface area contributed by atoms with Gasteiger partial charge in [0.15, 0.2) is 0 Å². The van der Waals surface area contributed by atoms with E-state index in [2.05, 4.69) is 9.97 Å². The lowest BCUT2D eigenvalue weighted by atomic mass is 9.94. The van der Waals surface area contributed by atoms with Crippen molar-refractivity contribution in [2.24, 2.45) is 5.92 Å². The van der Waals surface area contributed by atoms with E-state index in [9.17, 15) is 13.2 Å². The number of carbonyl (C=O) groups excluding carboxylic acids is 1. The summed E-state index contributed by atoms with van der Waals surface area (Å²) in [5, 5.41) is 0. The van der Waals surface area contributed by atoms with Crippen molar-refractivity contribution in [2.75, 3.05) is 33.4 Å². The van der Waals surface area contributed by atoms with Crippen LogP contribution in [0.2, 0.25) is 0 Å². The Morgan fingerprint density at radius 1 is 1.39 bits per heavy atom. The molecule has 0 bridgehead atoms. The lowest BCUT2D eigenvalue weighted by Crippen LogP contribution is -2.39. The van der Waals surface area contributed by atoms with E-state index in [4.69, 9.17) is 0 Å². The third-order valence-corrected chi connectivity index (χ3v) is 5.23. The zero-order valence-electron chi connectivity index (χ0n) is 14.1. The molecule has 2 heterocycles. The molecule has 1 aromatic heterocycles. The van der Waals surface area contributed by atoms with E-state index in [1.807, 2.05) is 0 Å². The molecule has 1 amide bonds. The number of hydrogen-bond acceptors (Lipinski definition) is 5. The Morgan fingerprint density at radius 3 is 2.70 bits per heavy atom. The summed E-state index contributed by atoms with van der Waals surface area (Å²) < 4.78 is 24.9. The monoisotopic (exact) mass is 340 g/mol. The maximum Gasteiger partial charge on any atom is 0.272 e. The SMILES string of the molecule is Cc1nc(CC2CCCN(S(C)(=O)=O)C2)cc(C(=O)N(C)C)n1. The Morgan fingerprint density at radius 2 is 2.09 bits per heavy atom. The van der Waals surface area contributed by atoms with Crippen molar-refractivity contribution < 1.29 is 13.2 Å². The first-order chi connectivity index (χ1) is 10.7. The van der Waals surface area contributed by atoms with Gasteiger partial charge in [-0.15, -0.1) is 0 Å². The van der Waals surface area contributed by atoms with Crippen LogP contribution >= 0.6 is 0 Å². The summed E-state index contributed by atoms with van der Waals surface area (Å²) in [6.07, 6.45) is 3.72. The maximum atomic E-state index is 12.1. The van der Waals surface area contributed by atoms with Crippen molar-refractivity contribution in [3.63, 3.8) is 0 Å². The molecule has 128 valence electrons. The van der Waals surface area contributed by atoms with E-state index in [0.717, 1.165) is 18.5 Å². The van der Waals surface area contributed by atoms with E-state index >= 15 is 0 Å². The van der Waals surface area contributed by atoms with Gasteiger partial charge in [0.25, 0.3) is 5.91 Å². The topological polar surface area (TPSA) is 83.5 Å². The molecule has 8 heteroatoms. The number of rotatable bonds is 4. The maximum absolute atomic E-state index is 12.1. The molecule has 0 N–H and O–H groups in total. The van der Waals surface area contributed by atoms with E-state index in [1.54, 1.807) is 27.1 Å². The fraction of sp³-hybridized carbons (Fsp3) is 0.667. The van der Waals surface area contributed by atoms with Crippen LogP contribution in [0.5, 0.6) is 0 Å². The molecule has 0 radical (unpaired) electrons. The summed E-state index contributed by atoms with van der Waals surface area (Å²) in [4.78, 5) is 22.2. The fourth-order valence-corrected chi connectivity index (χ4v) is 3.81. The van der Waals surface area contributed by atoms with Crippen LogP contribution in [0.1, 0.15) is 34.8 Å². The van der Waals surface area contributed by atoms with Crippen LogP contribution in [-0.4, -0.2) is 66.9 Å². The van der Waals surface area contributed by atoms with Crippen molar-refractivity contribution in [3.05, 3.63) is 23.3 Å². The minimum Gasteiger partial charge on any atom is -0.343 e. The molecule has 1 unspecified atom stereocenters. The van der Waals surface area contributed by atoms with Crippen LogP contribution in [0.15, 0.2) is 6.07 Å². The largest absolute Gasteiger partial charge is 0.343 e. The predicted octanol–water partition coefficient (Wildman–Crippen LogP) is 0.701. The molecule has 1 aliphatic heterocycles. The molecular formula is C15H24N4O3S. The standard InChI is InChI=1S/C15H24N4O3S/c1-11-16-13(9-14(17-11)15(20)18(2)3)8-12-6-5-7-19(10-12)23(4,21)22/h9,12H,5-8,10H2,1-4H3. The molecule has 23 heavy (non-hydrogen) atoms. The number of piperidine rings is 1. The van der Waals surface area contributed by atoms with Crippen LogP contribution in [0.3, 0.4) is 0 Å². The summed E-state index contributed by atoms with van der Waals surface area (Å²) in [6.45, 7) is 2.86. The first-order valence-corrected chi connectivity index (χ1v) is 9.53. The second-order valence-electron chi connectivity index (χ2n) is 6.32. The van der Waals surface area contributed by atoms with Crippen LogP contribution in [0, 0.1) is 12.8 Å². The Kier molecular flexibility index (Phi) is 5.36. The third kappa shape index (κ3) is 4.71. The van der Waals surface area contributed by atoms with Gasteiger partial charge in [0.2, 0.25) is 10.0 Å². The molecule has 1 aliphatic rings. The first kappa shape index (κ1) is 17.8. The highest BCUT2D eigenvalue weighted by atomic mass is 32.2. The van der Waals surface area contributed by atoms with Gasteiger partial charge in [0.1, 0.15) is 11.5 Å². The van der Waals surface area contributed by atoms with Gasteiger partial charge < -0.3 is 4.90 Å². The predicted molar refractivity (Wildman–Crippen MR) is 87.6 cm³/mol. The molecular weight excluding hydrogens is 316 g/mol. The molecule has 0 aromatic carbocycles. The van der Waals surface area contributed by atoms with Gasteiger partial charge in [-0.3, -0.25) is 4.79 Å². The summed E-state index contributed by atoms with van der Waals surface area (Å²) in [5.74, 6) is 0.622. The van der Waals surface area contributed by atoms with Crippen LogP contribution in [-0.2, 0) is 16.4 Å². The molecule has 1 saturated heterocycles. The van der Waals surface area contributed by atoms with Gasteiger partial charge in [-0.2, -0.15) is 0 Å². The normalized spacial score (nSPS) is 19.6. The van der Waals surface area contributed by atoms with Crippen LogP contribution < -0.4 is 0 Å². The second-order valence-corrected chi connectivity index (χ2v) is 8.31. The number of aromatic nitrogens is 2. The van der Waals surface area contributed by atoms with E-state index in [1.165, 1.54) is 15.5 Å². The smallest absolute Gasteiger partial charge is 0.272 e. The minimum absolute atomic E-state index is 0.154. The lowest BCUT2D eigenvalue weighted by Gasteiger charge is -2.30.